The van der Waals surface area contributed by atoms with Gasteiger partial charge in [-0.05, 0) is 6.07 Å². The standard InChI is InChI=1S/C15H14BrN3O2S/c1-9(20)22-10-6-14(21)19(8-10)15-12(7-17-18-15)11-4-2-3-5-13(11)16/h2-5,7,10H,6,8H2,1H3,(H,17,18). The fraction of sp³-hybridized carbons (Fsp3) is 0.267. The van der Waals surface area contributed by atoms with Gasteiger partial charge in [0.2, 0.25) is 5.91 Å². The maximum atomic E-state index is 12.3. The Bertz CT molecular complexity index is 731. The van der Waals surface area contributed by atoms with Crippen molar-refractivity contribution in [2.75, 3.05) is 11.4 Å². The van der Waals surface area contributed by atoms with Crippen LogP contribution in [0, 0.1) is 0 Å². The summed E-state index contributed by atoms with van der Waals surface area (Å²) in [7, 11) is 0. The maximum absolute atomic E-state index is 12.3. The van der Waals surface area contributed by atoms with Crippen LogP contribution in [0.5, 0.6) is 0 Å². The van der Waals surface area contributed by atoms with Crippen LogP contribution in [0.25, 0.3) is 11.1 Å². The largest absolute Gasteiger partial charge is 0.296 e. The molecular weight excluding hydrogens is 366 g/mol. The number of hydrogen-bond donors (Lipinski definition) is 1. The summed E-state index contributed by atoms with van der Waals surface area (Å²) in [6.45, 7) is 2.04. The second kappa shape index (κ2) is 6.26. The van der Waals surface area contributed by atoms with Crippen molar-refractivity contribution in [3.8, 4) is 11.1 Å². The van der Waals surface area contributed by atoms with E-state index >= 15 is 0 Å². The smallest absolute Gasteiger partial charge is 0.229 e. The van der Waals surface area contributed by atoms with Crippen molar-refractivity contribution in [3.05, 3.63) is 34.9 Å². The fourth-order valence-corrected chi connectivity index (χ4v) is 3.98. The third-order valence-electron chi connectivity index (χ3n) is 3.48. The Hall–Kier alpha value is -1.60. The molecule has 1 aromatic carbocycles. The van der Waals surface area contributed by atoms with Crippen molar-refractivity contribution in [1.82, 2.24) is 10.2 Å². The van der Waals surface area contributed by atoms with E-state index in [2.05, 4.69) is 26.1 Å². The molecule has 1 unspecified atom stereocenters. The first-order valence-corrected chi connectivity index (χ1v) is 8.49. The molecule has 1 aliphatic rings. The number of anilines is 1. The van der Waals surface area contributed by atoms with Gasteiger partial charge in [-0.3, -0.25) is 19.6 Å². The average molecular weight is 380 g/mol. The summed E-state index contributed by atoms with van der Waals surface area (Å²) in [5.41, 5.74) is 1.84. The Morgan fingerprint density at radius 1 is 1.41 bits per heavy atom. The number of halogens is 1. The van der Waals surface area contributed by atoms with Crippen LogP contribution in [0.4, 0.5) is 5.82 Å². The molecule has 2 aromatic rings. The molecule has 5 nitrogen and oxygen atoms in total. The number of aromatic amines is 1. The lowest BCUT2D eigenvalue weighted by molar-refractivity contribution is -0.117. The van der Waals surface area contributed by atoms with Crippen molar-refractivity contribution in [3.63, 3.8) is 0 Å². The predicted octanol–water partition coefficient (Wildman–Crippen LogP) is 3.22. The normalized spacial score (nSPS) is 18.0. The molecule has 0 bridgehead atoms. The number of nitrogens with one attached hydrogen (secondary N) is 1. The van der Waals surface area contributed by atoms with Crippen molar-refractivity contribution in [1.29, 1.82) is 0 Å². The number of benzene rings is 1. The van der Waals surface area contributed by atoms with Gasteiger partial charge in [0, 0.05) is 40.7 Å². The zero-order valence-electron chi connectivity index (χ0n) is 11.9. The zero-order valence-corrected chi connectivity index (χ0v) is 14.3. The summed E-state index contributed by atoms with van der Waals surface area (Å²) >= 11 is 4.75. The topological polar surface area (TPSA) is 66.1 Å². The summed E-state index contributed by atoms with van der Waals surface area (Å²) in [4.78, 5) is 25.2. The molecule has 1 aliphatic heterocycles. The highest BCUT2D eigenvalue weighted by Crippen LogP contribution is 2.36. The summed E-state index contributed by atoms with van der Waals surface area (Å²) in [6.07, 6.45) is 2.09. The van der Waals surface area contributed by atoms with Crippen LogP contribution in [0.15, 0.2) is 34.9 Å². The number of H-pyrrole nitrogens is 1. The fourth-order valence-electron chi connectivity index (χ4n) is 2.57. The van der Waals surface area contributed by atoms with Gasteiger partial charge in [0.15, 0.2) is 5.12 Å². The quantitative estimate of drug-likeness (QED) is 0.888. The molecule has 0 radical (unpaired) electrons. The lowest BCUT2D eigenvalue weighted by atomic mass is 10.1. The van der Waals surface area contributed by atoms with Crippen molar-refractivity contribution in [2.24, 2.45) is 0 Å². The molecule has 114 valence electrons. The molecule has 3 rings (SSSR count). The van der Waals surface area contributed by atoms with E-state index in [0.717, 1.165) is 15.6 Å². The van der Waals surface area contributed by atoms with E-state index in [1.165, 1.54) is 18.7 Å². The average Bonchev–Trinajstić information content (AvgIpc) is 3.05. The molecule has 1 saturated heterocycles. The first kappa shape index (κ1) is 15.3. The van der Waals surface area contributed by atoms with Gasteiger partial charge in [0.05, 0.1) is 6.20 Å². The Kier molecular flexibility index (Phi) is 4.35. The van der Waals surface area contributed by atoms with Crippen LogP contribution in [0.3, 0.4) is 0 Å². The van der Waals surface area contributed by atoms with Gasteiger partial charge < -0.3 is 0 Å². The van der Waals surface area contributed by atoms with Gasteiger partial charge in [0.25, 0.3) is 0 Å². The predicted molar refractivity (Wildman–Crippen MR) is 90.8 cm³/mol. The molecule has 22 heavy (non-hydrogen) atoms. The van der Waals surface area contributed by atoms with Crippen LogP contribution in [-0.4, -0.2) is 33.0 Å². The molecule has 1 amide bonds. The van der Waals surface area contributed by atoms with Crippen molar-refractivity contribution >= 4 is 44.5 Å². The minimum absolute atomic E-state index is 0.000337. The van der Waals surface area contributed by atoms with E-state index in [9.17, 15) is 9.59 Å². The second-order valence-corrected chi connectivity index (χ2v) is 7.38. The summed E-state index contributed by atoms with van der Waals surface area (Å²) < 4.78 is 0.943. The first-order chi connectivity index (χ1) is 10.6. The van der Waals surface area contributed by atoms with Crippen molar-refractivity contribution < 1.29 is 9.59 Å². The Morgan fingerprint density at radius 2 is 2.18 bits per heavy atom. The Morgan fingerprint density at radius 3 is 2.91 bits per heavy atom. The van der Waals surface area contributed by atoms with Gasteiger partial charge in [-0.25, -0.2) is 0 Å². The van der Waals surface area contributed by atoms with Gasteiger partial charge >= 0.3 is 0 Å². The number of nitrogens with zero attached hydrogens (tertiary/aromatic N) is 2. The van der Waals surface area contributed by atoms with Gasteiger partial charge in [-0.15, -0.1) is 0 Å². The van der Waals surface area contributed by atoms with E-state index in [0.29, 0.717) is 18.8 Å². The maximum Gasteiger partial charge on any atom is 0.229 e. The molecule has 0 aliphatic carbocycles. The van der Waals surface area contributed by atoms with Crippen LogP contribution >= 0.6 is 27.7 Å². The van der Waals surface area contributed by atoms with Crippen LogP contribution < -0.4 is 4.90 Å². The van der Waals surface area contributed by atoms with Crippen LogP contribution in [0.2, 0.25) is 0 Å². The van der Waals surface area contributed by atoms with E-state index in [1.54, 1.807) is 11.1 Å². The Balaban J connectivity index is 1.91. The zero-order chi connectivity index (χ0) is 15.7. The third-order valence-corrected chi connectivity index (χ3v) is 5.15. The Labute approximate surface area is 140 Å². The number of carbonyl (C=O) groups excluding carboxylic acids is 2. The number of amides is 1. The molecule has 2 heterocycles. The van der Waals surface area contributed by atoms with Crippen LogP contribution in [-0.2, 0) is 9.59 Å². The highest BCUT2D eigenvalue weighted by molar-refractivity contribution is 9.10. The molecule has 1 atom stereocenters. The van der Waals surface area contributed by atoms with Gasteiger partial charge in [-0.1, -0.05) is 45.9 Å². The molecule has 0 spiro atoms. The number of hydrogen-bond acceptors (Lipinski definition) is 4. The summed E-state index contributed by atoms with van der Waals surface area (Å²) in [5.74, 6) is 0.694. The highest BCUT2D eigenvalue weighted by Gasteiger charge is 2.34. The molecule has 1 N–H and O–H groups in total. The lowest BCUT2D eigenvalue weighted by Crippen LogP contribution is -2.26. The van der Waals surface area contributed by atoms with Gasteiger partial charge in [0.1, 0.15) is 5.82 Å². The summed E-state index contributed by atoms with van der Waals surface area (Å²) in [5, 5.41) is 7.05. The molecule has 1 aromatic heterocycles. The minimum Gasteiger partial charge on any atom is -0.296 e. The number of aromatic nitrogens is 2. The minimum atomic E-state index is 0.000337. The number of carbonyl (C=O) groups is 2. The summed E-state index contributed by atoms with van der Waals surface area (Å²) in [6, 6.07) is 7.80. The molecule has 0 saturated carbocycles. The third kappa shape index (κ3) is 2.96. The molecule has 7 heteroatoms. The lowest BCUT2D eigenvalue weighted by Gasteiger charge is -2.16. The number of thioether (sulfide) groups is 1. The molecule has 1 fully saturated rings. The van der Waals surface area contributed by atoms with E-state index < -0.39 is 0 Å². The highest BCUT2D eigenvalue weighted by atomic mass is 79.9. The number of rotatable bonds is 3. The van der Waals surface area contributed by atoms with E-state index in [4.69, 9.17) is 0 Å². The van der Waals surface area contributed by atoms with Crippen LogP contribution in [0.1, 0.15) is 13.3 Å². The molecular formula is C15H14BrN3O2S. The van der Waals surface area contributed by atoms with Gasteiger partial charge in [-0.2, -0.15) is 5.10 Å². The monoisotopic (exact) mass is 379 g/mol. The second-order valence-electron chi connectivity index (χ2n) is 5.05. The first-order valence-electron chi connectivity index (χ1n) is 6.82. The van der Waals surface area contributed by atoms with E-state index in [1.807, 2.05) is 24.3 Å². The van der Waals surface area contributed by atoms with Crippen molar-refractivity contribution in [2.45, 2.75) is 18.6 Å². The SMILES string of the molecule is CC(=O)SC1CC(=O)N(c2[nH]ncc2-c2ccccc2Br)C1. The van der Waals surface area contributed by atoms with E-state index in [-0.39, 0.29) is 16.3 Å².